The van der Waals surface area contributed by atoms with Crippen molar-refractivity contribution in [1.82, 2.24) is 4.98 Å². The zero-order valence-electron chi connectivity index (χ0n) is 12.3. The molecule has 112 valence electrons. The van der Waals surface area contributed by atoms with E-state index >= 15 is 0 Å². The van der Waals surface area contributed by atoms with Crippen molar-refractivity contribution in [3.8, 4) is 0 Å². The summed E-state index contributed by atoms with van der Waals surface area (Å²) >= 11 is 4.74. The summed E-state index contributed by atoms with van der Waals surface area (Å²) in [6.07, 6.45) is 1.45. The second-order valence-electron chi connectivity index (χ2n) is 5.71. The third-order valence-corrected chi connectivity index (χ3v) is 4.61. The zero-order valence-corrected chi connectivity index (χ0v) is 13.8. The molecule has 0 aliphatic heterocycles. The van der Waals surface area contributed by atoms with E-state index in [4.69, 9.17) is 11.6 Å². The van der Waals surface area contributed by atoms with Gasteiger partial charge in [0.15, 0.2) is 0 Å². The van der Waals surface area contributed by atoms with E-state index in [0.29, 0.717) is 16.6 Å². The van der Waals surface area contributed by atoms with Gasteiger partial charge in [0.25, 0.3) is 0 Å². The van der Waals surface area contributed by atoms with Crippen molar-refractivity contribution in [2.45, 2.75) is 32.4 Å². The number of halogens is 2. The van der Waals surface area contributed by atoms with Gasteiger partial charge in [0, 0.05) is 16.5 Å². The molecule has 0 aliphatic carbocycles. The summed E-state index contributed by atoms with van der Waals surface area (Å²) in [5, 5.41) is 0.979. The van der Waals surface area contributed by atoms with Gasteiger partial charge in [-0.2, -0.15) is 0 Å². The maximum Gasteiger partial charge on any atom is 0.144 e. The number of rotatable bonds is 2. The molecule has 0 fully saturated rings. The Morgan fingerprint density at radius 1 is 1.38 bits per heavy atom. The lowest BCUT2D eigenvalue weighted by Gasteiger charge is -2.17. The van der Waals surface area contributed by atoms with Crippen LogP contribution in [0.2, 0.25) is 5.15 Å². The van der Waals surface area contributed by atoms with E-state index in [1.165, 1.54) is 12.3 Å². The van der Waals surface area contributed by atoms with Gasteiger partial charge in [-0.25, -0.2) is 9.37 Å². The largest absolute Gasteiger partial charge is 0.591 e. The molecule has 1 aromatic carbocycles. The Morgan fingerprint density at radius 3 is 2.67 bits per heavy atom. The van der Waals surface area contributed by atoms with Crippen LogP contribution >= 0.6 is 11.6 Å². The van der Waals surface area contributed by atoms with Gasteiger partial charge in [-0.15, -0.1) is 0 Å². The summed E-state index contributed by atoms with van der Waals surface area (Å²) in [7, 11) is 0. The highest BCUT2D eigenvalue weighted by Gasteiger charge is 2.26. The number of nitrogens with zero attached hydrogens (tertiary/aromatic N) is 2. The Morgan fingerprint density at radius 2 is 2.05 bits per heavy atom. The van der Waals surface area contributed by atoms with Crippen LogP contribution in [0.25, 0.3) is 10.9 Å². The molecule has 0 saturated heterocycles. The fraction of sp³-hybridized carbons (Fsp3) is 0.333. The quantitative estimate of drug-likeness (QED) is 0.471. The first kappa shape index (κ1) is 16.2. The number of aromatic nitrogens is 1. The summed E-state index contributed by atoms with van der Waals surface area (Å²) in [4.78, 5) is 4.21. The molecule has 0 radical (unpaired) electrons. The topological polar surface area (TPSA) is 48.3 Å². The molecule has 0 amide bonds. The maximum absolute atomic E-state index is 13.5. The first-order chi connectivity index (χ1) is 9.70. The molecule has 0 N–H and O–H groups in total. The van der Waals surface area contributed by atoms with Crippen molar-refractivity contribution in [1.29, 1.82) is 0 Å². The van der Waals surface area contributed by atoms with E-state index in [1.807, 2.05) is 20.8 Å². The predicted octanol–water partition coefficient (Wildman–Crippen LogP) is 4.22. The van der Waals surface area contributed by atoms with Crippen molar-refractivity contribution in [3.05, 3.63) is 40.3 Å². The summed E-state index contributed by atoms with van der Waals surface area (Å²) in [6.45, 7) is 7.18. The molecule has 21 heavy (non-hydrogen) atoms. The molecule has 2 rings (SSSR count). The zero-order chi connectivity index (χ0) is 15.8. The minimum atomic E-state index is -1.36. The highest BCUT2D eigenvalue weighted by atomic mass is 35.5. The summed E-state index contributed by atoms with van der Waals surface area (Å²) in [6, 6.07) is 4.79. The second-order valence-corrected chi connectivity index (χ2v) is 8.00. The minimum absolute atomic E-state index is 0.214. The molecular formula is C15H16ClFN2OS. The molecule has 2 aromatic rings. The van der Waals surface area contributed by atoms with Gasteiger partial charge in [0.2, 0.25) is 0 Å². The molecule has 6 heteroatoms. The van der Waals surface area contributed by atoms with E-state index in [9.17, 15) is 8.94 Å². The molecule has 1 unspecified atom stereocenters. The van der Waals surface area contributed by atoms with Crippen LogP contribution in [-0.2, 0) is 11.4 Å². The number of aryl methyl sites for hydroxylation is 1. The van der Waals surface area contributed by atoms with Gasteiger partial charge in [-0.1, -0.05) is 16.0 Å². The van der Waals surface area contributed by atoms with Gasteiger partial charge in [-0.3, -0.25) is 0 Å². The predicted molar refractivity (Wildman–Crippen MR) is 86.9 cm³/mol. The molecule has 0 aliphatic rings. The smallest absolute Gasteiger partial charge is 0.144 e. The summed E-state index contributed by atoms with van der Waals surface area (Å²) in [5.41, 5.74) is 1.54. The van der Waals surface area contributed by atoms with E-state index in [0.717, 1.165) is 5.39 Å². The molecule has 1 aromatic heterocycles. The Kier molecular flexibility index (Phi) is 4.56. The van der Waals surface area contributed by atoms with Crippen LogP contribution in [0, 0.1) is 12.7 Å². The number of fused-ring (bicyclic) bond motifs is 1. The molecule has 1 atom stereocenters. The number of hydrogen-bond donors (Lipinski definition) is 0. The Labute approximate surface area is 131 Å². The second kappa shape index (κ2) is 5.91. The van der Waals surface area contributed by atoms with Gasteiger partial charge in [0.1, 0.15) is 27.1 Å². The number of benzene rings is 1. The summed E-state index contributed by atoms with van der Waals surface area (Å²) < 4.78 is 29.0. The van der Waals surface area contributed by atoms with E-state index < -0.39 is 16.1 Å². The first-order valence-corrected chi connectivity index (χ1v) is 7.90. The monoisotopic (exact) mass is 326 g/mol. The number of pyridine rings is 1. The van der Waals surface area contributed by atoms with Gasteiger partial charge < -0.3 is 4.55 Å². The normalized spacial score (nSPS) is 14.0. The highest BCUT2D eigenvalue weighted by molar-refractivity contribution is 7.91. The van der Waals surface area contributed by atoms with Crippen LogP contribution in [-0.4, -0.2) is 20.5 Å². The Balaban J connectivity index is 2.45. The van der Waals surface area contributed by atoms with Crippen molar-refractivity contribution in [2.75, 3.05) is 0 Å². The van der Waals surface area contributed by atoms with Crippen LogP contribution < -0.4 is 0 Å². The molecule has 1 heterocycles. The van der Waals surface area contributed by atoms with E-state index in [2.05, 4.69) is 9.38 Å². The van der Waals surface area contributed by atoms with E-state index in [1.54, 1.807) is 19.1 Å². The van der Waals surface area contributed by atoms with Crippen molar-refractivity contribution in [2.24, 2.45) is 4.40 Å². The summed E-state index contributed by atoms with van der Waals surface area (Å²) in [5.74, 6) is -0.318. The third-order valence-electron chi connectivity index (χ3n) is 2.97. The number of hydrogen-bond acceptors (Lipinski definition) is 3. The van der Waals surface area contributed by atoms with E-state index in [-0.39, 0.29) is 11.0 Å². The minimum Gasteiger partial charge on any atom is -0.591 e. The fourth-order valence-electron chi connectivity index (χ4n) is 1.70. The van der Waals surface area contributed by atoms with Crippen LogP contribution in [0.5, 0.6) is 0 Å². The van der Waals surface area contributed by atoms with Crippen LogP contribution in [0.15, 0.2) is 22.6 Å². The third kappa shape index (κ3) is 3.54. The fourth-order valence-corrected chi connectivity index (χ4v) is 2.42. The Hall–Kier alpha value is -1.17. The van der Waals surface area contributed by atoms with Crippen LogP contribution in [0.3, 0.4) is 0 Å². The first-order valence-electron chi connectivity index (χ1n) is 6.41. The average molecular weight is 327 g/mol. The molecule has 0 spiro atoms. The maximum atomic E-state index is 13.5. The average Bonchev–Trinajstić information content (AvgIpc) is 2.40. The van der Waals surface area contributed by atoms with Gasteiger partial charge >= 0.3 is 0 Å². The molecule has 0 saturated carbocycles. The SMILES string of the molecule is Cc1c(F)ccc2cc(/C=N/[S+]([O-])C(C)(C)C)c(Cl)nc12. The Bertz CT molecular complexity index is 713. The lowest BCUT2D eigenvalue weighted by Crippen LogP contribution is -2.25. The van der Waals surface area contributed by atoms with Gasteiger partial charge in [-0.05, 0) is 45.9 Å². The van der Waals surface area contributed by atoms with Crippen molar-refractivity contribution >= 4 is 40.1 Å². The van der Waals surface area contributed by atoms with Crippen LogP contribution in [0.1, 0.15) is 31.9 Å². The lowest BCUT2D eigenvalue weighted by atomic mass is 10.1. The standard InChI is InChI=1S/C15H16ClFN2OS/c1-9-12(17)6-5-10-7-11(14(16)19-13(9)10)8-18-21(20)15(2,3)4/h5-8H,1-4H3/b18-8+. The lowest BCUT2D eigenvalue weighted by molar-refractivity contribution is 0.562. The molecule has 0 bridgehead atoms. The highest BCUT2D eigenvalue weighted by Crippen LogP contribution is 2.24. The molecular weight excluding hydrogens is 311 g/mol. The van der Waals surface area contributed by atoms with Crippen LogP contribution in [0.4, 0.5) is 4.39 Å². The van der Waals surface area contributed by atoms with Crippen molar-refractivity contribution < 1.29 is 8.94 Å². The van der Waals surface area contributed by atoms with Gasteiger partial charge in [0.05, 0.1) is 11.7 Å². The van der Waals surface area contributed by atoms with Crippen molar-refractivity contribution in [3.63, 3.8) is 0 Å². The molecule has 3 nitrogen and oxygen atoms in total.